The summed E-state index contributed by atoms with van der Waals surface area (Å²) in [6, 6.07) is 16.3. The van der Waals surface area contributed by atoms with E-state index < -0.39 is 0 Å². The molecule has 0 radical (unpaired) electrons. The van der Waals surface area contributed by atoms with E-state index in [1.54, 1.807) is 0 Å². The SMILES string of the molecule is Cc1ccc(C2=Nc3ccccc3CO2)cc1. The van der Waals surface area contributed by atoms with Crippen LogP contribution in [0.5, 0.6) is 0 Å². The van der Waals surface area contributed by atoms with Crippen molar-refractivity contribution < 1.29 is 4.74 Å². The summed E-state index contributed by atoms with van der Waals surface area (Å²) in [6.45, 7) is 2.67. The number of rotatable bonds is 1. The molecule has 1 heterocycles. The zero-order chi connectivity index (χ0) is 11.7. The summed E-state index contributed by atoms with van der Waals surface area (Å²) >= 11 is 0. The Balaban J connectivity index is 2.01. The summed E-state index contributed by atoms with van der Waals surface area (Å²) in [7, 11) is 0. The quantitative estimate of drug-likeness (QED) is 0.723. The first-order valence-corrected chi connectivity index (χ1v) is 5.69. The van der Waals surface area contributed by atoms with E-state index in [1.807, 2.05) is 36.4 Å². The van der Waals surface area contributed by atoms with Crippen molar-refractivity contribution in [3.63, 3.8) is 0 Å². The van der Waals surface area contributed by atoms with Crippen molar-refractivity contribution in [2.45, 2.75) is 13.5 Å². The molecule has 0 N–H and O–H groups in total. The largest absolute Gasteiger partial charge is 0.472 e. The Hall–Kier alpha value is -2.09. The van der Waals surface area contributed by atoms with Crippen LogP contribution in [-0.2, 0) is 11.3 Å². The van der Waals surface area contributed by atoms with Crippen LogP contribution in [0.2, 0.25) is 0 Å². The Morgan fingerprint density at radius 3 is 2.59 bits per heavy atom. The molecule has 3 rings (SSSR count). The summed E-state index contributed by atoms with van der Waals surface area (Å²) in [4.78, 5) is 4.54. The summed E-state index contributed by atoms with van der Waals surface area (Å²) in [5.41, 5.74) is 4.42. The predicted octanol–water partition coefficient (Wildman–Crippen LogP) is 3.60. The van der Waals surface area contributed by atoms with Gasteiger partial charge in [0, 0.05) is 11.1 Å². The minimum Gasteiger partial charge on any atom is -0.472 e. The fraction of sp³-hybridized carbons (Fsp3) is 0.133. The Morgan fingerprint density at radius 2 is 1.76 bits per heavy atom. The van der Waals surface area contributed by atoms with Gasteiger partial charge in [0.1, 0.15) is 6.61 Å². The van der Waals surface area contributed by atoms with Crippen LogP contribution >= 0.6 is 0 Å². The number of ether oxygens (including phenoxy) is 1. The van der Waals surface area contributed by atoms with Gasteiger partial charge in [-0.1, -0.05) is 35.9 Å². The van der Waals surface area contributed by atoms with Gasteiger partial charge in [-0.15, -0.1) is 0 Å². The molecule has 2 heteroatoms. The molecule has 2 nitrogen and oxygen atoms in total. The summed E-state index contributed by atoms with van der Waals surface area (Å²) in [6.07, 6.45) is 0. The first-order valence-electron chi connectivity index (χ1n) is 5.69. The normalized spacial score (nSPS) is 13.6. The Kier molecular flexibility index (Phi) is 2.41. The lowest BCUT2D eigenvalue weighted by Crippen LogP contribution is -2.10. The highest BCUT2D eigenvalue weighted by Crippen LogP contribution is 2.25. The second kappa shape index (κ2) is 4.06. The molecule has 0 atom stereocenters. The Morgan fingerprint density at radius 1 is 1.00 bits per heavy atom. The second-order valence-corrected chi connectivity index (χ2v) is 4.20. The molecule has 1 aliphatic heterocycles. The molecule has 0 aliphatic carbocycles. The molecule has 0 spiro atoms. The van der Waals surface area contributed by atoms with E-state index in [1.165, 1.54) is 5.56 Å². The van der Waals surface area contributed by atoms with Gasteiger partial charge in [-0.05, 0) is 25.1 Å². The standard InChI is InChI=1S/C15H13NO/c1-11-6-8-12(9-7-11)15-16-14-5-3-2-4-13(14)10-17-15/h2-9H,10H2,1H3. The molecule has 1 aliphatic rings. The summed E-state index contributed by atoms with van der Waals surface area (Å²) in [5.74, 6) is 0.712. The minimum absolute atomic E-state index is 0.600. The van der Waals surface area contributed by atoms with E-state index in [2.05, 4.69) is 24.0 Å². The van der Waals surface area contributed by atoms with Crippen LogP contribution in [0.4, 0.5) is 5.69 Å². The van der Waals surface area contributed by atoms with Gasteiger partial charge in [0.15, 0.2) is 0 Å². The van der Waals surface area contributed by atoms with Crippen LogP contribution in [-0.4, -0.2) is 5.90 Å². The monoisotopic (exact) mass is 223 g/mol. The third-order valence-corrected chi connectivity index (χ3v) is 2.88. The Labute approximate surface area is 101 Å². The van der Waals surface area contributed by atoms with Gasteiger partial charge in [0.2, 0.25) is 5.90 Å². The van der Waals surface area contributed by atoms with Gasteiger partial charge >= 0.3 is 0 Å². The number of benzene rings is 2. The lowest BCUT2D eigenvalue weighted by atomic mass is 10.1. The maximum atomic E-state index is 5.68. The number of aliphatic imine (C=N–C) groups is 1. The van der Waals surface area contributed by atoms with Crippen LogP contribution in [0.1, 0.15) is 16.7 Å². The first kappa shape index (κ1) is 10.1. The van der Waals surface area contributed by atoms with E-state index in [-0.39, 0.29) is 0 Å². The molecule has 0 unspecified atom stereocenters. The lowest BCUT2D eigenvalue weighted by Gasteiger charge is -2.16. The lowest BCUT2D eigenvalue weighted by molar-refractivity contribution is 0.288. The molecule has 0 aromatic heterocycles. The van der Waals surface area contributed by atoms with Crippen molar-refractivity contribution in [3.05, 3.63) is 65.2 Å². The van der Waals surface area contributed by atoms with Crippen LogP contribution in [0.25, 0.3) is 0 Å². The summed E-state index contributed by atoms with van der Waals surface area (Å²) < 4.78 is 5.68. The van der Waals surface area contributed by atoms with Gasteiger partial charge in [0.05, 0.1) is 5.69 Å². The molecule has 0 saturated heterocycles. The third kappa shape index (κ3) is 1.94. The third-order valence-electron chi connectivity index (χ3n) is 2.88. The predicted molar refractivity (Wildman–Crippen MR) is 68.6 cm³/mol. The van der Waals surface area contributed by atoms with Gasteiger partial charge < -0.3 is 4.74 Å². The average molecular weight is 223 g/mol. The fourth-order valence-electron chi connectivity index (χ4n) is 1.87. The average Bonchev–Trinajstić information content (AvgIpc) is 2.39. The first-order chi connectivity index (χ1) is 8.33. The van der Waals surface area contributed by atoms with Gasteiger partial charge in [-0.25, -0.2) is 4.99 Å². The molecule has 0 saturated carbocycles. The molecule has 0 fully saturated rings. The molecule has 2 aromatic carbocycles. The van der Waals surface area contributed by atoms with Crippen LogP contribution < -0.4 is 0 Å². The number of fused-ring (bicyclic) bond motifs is 1. The number of aryl methyl sites for hydroxylation is 1. The van der Waals surface area contributed by atoms with Crippen molar-refractivity contribution in [1.29, 1.82) is 0 Å². The highest BCUT2D eigenvalue weighted by Gasteiger charge is 2.13. The molecule has 0 bridgehead atoms. The zero-order valence-electron chi connectivity index (χ0n) is 9.68. The number of hydrogen-bond acceptors (Lipinski definition) is 2. The van der Waals surface area contributed by atoms with Crippen LogP contribution in [0, 0.1) is 6.92 Å². The van der Waals surface area contributed by atoms with Crippen molar-refractivity contribution in [1.82, 2.24) is 0 Å². The fourth-order valence-corrected chi connectivity index (χ4v) is 1.87. The molecular weight excluding hydrogens is 210 g/mol. The summed E-state index contributed by atoms with van der Waals surface area (Å²) in [5, 5.41) is 0. The number of nitrogens with zero attached hydrogens (tertiary/aromatic N) is 1. The van der Waals surface area contributed by atoms with E-state index in [9.17, 15) is 0 Å². The van der Waals surface area contributed by atoms with E-state index in [0.717, 1.165) is 16.8 Å². The van der Waals surface area contributed by atoms with Crippen molar-refractivity contribution in [3.8, 4) is 0 Å². The van der Waals surface area contributed by atoms with E-state index in [4.69, 9.17) is 4.74 Å². The topological polar surface area (TPSA) is 21.6 Å². The molecule has 17 heavy (non-hydrogen) atoms. The van der Waals surface area contributed by atoms with Crippen molar-refractivity contribution in [2.75, 3.05) is 0 Å². The van der Waals surface area contributed by atoms with E-state index in [0.29, 0.717) is 12.5 Å². The van der Waals surface area contributed by atoms with Gasteiger partial charge in [-0.2, -0.15) is 0 Å². The molecule has 0 amide bonds. The minimum atomic E-state index is 0.600. The maximum absolute atomic E-state index is 5.68. The maximum Gasteiger partial charge on any atom is 0.221 e. The molecular formula is C15H13NO. The van der Waals surface area contributed by atoms with Gasteiger partial charge in [0.25, 0.3) is 0 Å². The van der Waals surface area contributed by atoms with Crippen LogP contribution in [0.15, 0.2) is 53.5 Å². The zero-order valence-corrected chi connectivity index (χ0v) is 9.68. The van der Waals surface area contributed by atoms with Crippen molar-refractivity contribution >= 4 is 11.6 Å². The molecule has 2 aromatic rings. The number of hydrogen-bond donors (Lipinski definition) is 0. The highest BCUT2D eigenvalue weighted by atomic mass is 16.5. The van der Waals surface area contributed by atoms with Gasteiger partial charge in [-0.3, -0.25) is 0 Å². The Bertz CT molecular complexity index is 570. The van der Waals surface area contributed by atoms with Crippen LogP contribution in [0.3, 0.4) is 0 Å². The van der Waals surface area contributed by atoms with E-state index >= 15 is 0 Å². The highest BCUT2D eigenvalue weighted by molar-refractivity contribution is 5.96. The number of para-hydroxylation sites is 1. The second-order valence-electron chi connectivity index (χ2n) is 4.20. The van der Waals surface area contributed by atoms with Crippen molar-refractivity contribution in [2.24, 2.45) is 4.99 Å². The smallest absolute Gasteiger partial charge is 0.221 e. The molecule has 84 valence electrons.